The first-order valence-electron chi connectivity index (χ1n) is 15.4. The molecule has 1 saturated carbocycles. The van der Waals surface area contributed by atoms with Gasteiger partial charge in [0.1, 0.15) is 11.6 Å². The van der Waals surface area contributed by atoms with Gasteiger partial charge in [-0.2, -0.15) is 0 Å². The van der Waals surface area contributed by atoms with Crippen molar-refractivity contribution in [1.29, 1.82) is 0 Å². The molecule has 2 aromatic heterocycles. The number of anilines is 1. The van der Waals surface area contributed by atoms with Crippen LogP contribution >= 0.6 is 0 Å². The van der Waals surface area contributed by atoms with E-state index in [1.54, 1.807) is 11.1 Å². The standard InChI is InChI=1S/C30H39N7.CH5N/c1-3-22(31-11-1)29-33-16-24(35-29)18-9-13-37(14-10-18)26-8-7-21(27-19-5-6-20(15-19)28(26)27)25-17-34-30(36-25)23-4-2-12-32-23;1-2/h7-8,16-20,22-23,31-32H,1-6,9-15H2,(H,33,35)(H,34,36);2H2,1H3. The third-order valence-electron chi connectivity index (χ3n) is 10.1. The summed E-state index contributed by atoms with van der Waals surface area (Å²) in [5.74, 6) is 4.30. The van der Waals surface area contributed by atoms with E-state index >= 15 is 0 Å². The fourth-order valence-electron chi connectivity index (χ4n) is 8.16. The summed E-state index contributed by atoms with van der Waals surface area (Å²) in [5, 5.41) is 7.17. The lowest BCUT2D eigenvalue weighted by atomic mass is 9.85. The van der Waals surface area contributed by atoms with Crippen molar-refractivity contribution in [3.63, 3.8) is 0 Å². The SMILES string of the molecule is CN.c1nc(C2CCCN2)[nH]c1-c1ccc(N2CCC(c3cnc(C4CCCN4)[nH]3)CC2)c2c1C1CCC2C1. The van der Waals surface area contributed by atoms with E-state index in [2.05, 4.69) is 55.8 Å². The first kappa shape index (κ1) is 25.3. The van der Waals surface area contributed by atoms with Crippen LogP contribution in [0.1, 0.15) is 116 Å². The molecule has 8 rings (SSSR count). The van der Waals surface area contributed by atoms with E-state index in [-0.39, 0.29) is 0 Å². The molecule has 6 N–H and O–H groups in total. The van der Waals surface area contributed by atoms with E-state index < -0.39 is 0 Å². The molecule has 5 aliphatic rings. The molecule has 4 atom stereocenters. The number of nitrogens with zero attached hydrogens (tertiary/aromatic N) is 3. The zero-order valence-electron chi connectivity index (χ0n) is 23.3. The number of benzene rings is 1. The highest BCUT2D eigenvalue weighted by atomic mass is 15.1. The van der Waals surface area contributed by atoms with Crippen LogP contribution in [-0.4, -0.2) is 53.2 Å². The fourth-order valence-corrected chi connectivity index (χ4v) is 8.16. The molecule has 1 aromatic carbocycles. The maximum Gasteiger partial charge on any atom is 0.123 e. The van der Waals surface area contributed by atoms with Gasteiger partial charge in [-0.25, -0.2) is 9.97 Å². The van der Waals surface area contributed by atoms with Gasteiger partial charge in [0.15, 0.2) is 0 Å². The summed E-state index contributed by atoms with van der Waals surface area (Å²) < 4.78 is 0. The van der Waals surface area contributed by atoms with Gasteiger partial charge >= 0.3 is 0 Å². The lowest BCUT2D eigenvalue weighted by Gasteiger charge is -2.36. The third-order valence-corrected chi connectivity index (χ3v) is 10.1. The molecule has 4 fully saturated rings. The van der Waals surface area contributed by atoms with Gasteiger partial charge in [-0.3, -0.25) is 0 Å². The van der Waals surface area contributed by atoms with E-state index in [0.717, 1.165) is 49.7 Å². The number of H-pyrrole nitrogens is 2. The van der Waals surface area contributed by atoms with E-state index in [1.807, 2.05) is 0 Å². The second-order valence-corrected chi connectivity index (χ2v) is 12.1. The number of nitrogens with two attached hydrogens (primary N) is 1. The van der Waals surface area contributed by atoms with E-state index in [4.69, 9.17) is 9.97 Å². The molecule has 3 saturated heterocycles. The molecule has 8 heteroatoms. The van der Waals surface area contributed by atoms with Crippen LogP contribution in [0.5, 0.6) is 0 Å². The Labute approximate surface area is 232 Å². The summed E-state index contributed by atoms with van der Waals surface area (Å²) in [6.07, 6.45) is 15.5. The molecular weight excluding hydrogens is 484 g/mol. The molecule has 2 aliphatic carbocycles. The molecule has 8 nitrogen and oxygen atoms in total. The number of fused-ring (bicyclic) bond motifs is 5. The Morgan fingerprint density at radius 2 is 1.41 bits per heavy atom. The van der Waals surface area contributed by atoms with Gasteiger partial charge in [0.25, 0.3) is 0 Å². The highest BCUT2D eigenvalue weighted by molar-refractivity contribution is 5.75. The Morgan fingerprint density at radius 1 is 0.744 bits per heavy atom. The first-order chi connectivity index (χ1) is 19.3. The van der Waals surface area contributed by atoms with Crippen molar-refractivity contribution in [2.45, 2.75) is 87.6 Å². The predicted octanol–water partition coefficient (Wildman–Crippen LogP) is 4.97. The Bertz CT molecular complexity index is 1270. The second kappa shape index (κ2) is 10.7. The smallest absolute Gasteiger partial charge is 0.123 e. The van der Waals surface area contributed by atoms with Crippen molar-refractivity contribution in [3.8, 4) is 11.3 Å². The molecular formula is C31H44N8. The first-order valence-corrected chi connectivity index (χ1v) is 15.4. The number of aromatic amines is 2. The summed E-state index contributed by atoms with van der Waals surface area (Å²) >= 11 is 0. The summed E-state index contributed by atoms with van der Waals surface area (Å²) in [4.78, 5) is 19.6. The molecule has 5 heterocycles. The molecule has 3 aromatic rings. The van der Waals surface area contributed by atoms with E-state index in [0.29, 0.717) is 18.0 Å². The summed E-state index contributed by atoms with van der Waals surface area (Å²) in [6.45, 7) is 4.48. The average Bonchev–Trinajstić information content (AvgIpc) is 3.84. The number of hydrogen-bond donors (Lipinski definition) is 5. The van der Waals surface area contributed by atoms with Crippen LogP contribution in [0, 0.1) is 0 Å². The van der Waals surface area contributed by atoms with Crippen LogP contribution < -0.4 is 21.3 Å². The molecule has 3 aliphatic heterocycles. The highest BCUT2D eigenvalue weighted by Crippen LogP contribution is 2.58. The Kier molecular flexibility index (Phi) is 6.95. The van der Waals surface area contributed by atoms with Crippen molar-refractivity contribution in [1.82, 2.24) is 30.6 Å². The number of hydrogen-bond acceptors (Lipinski definition) is 6. The molecule has 0 amide bonds. The van der Waals surface area contributed by atoms with E-state index in [1.165, 1.54) is 87.5 Å². The maximum atomic E-state index is 4.80. The number of rotatable bonds is 5. The van der Waals surface area contributed by atoms with Crippen LogP contribution in [0.3, 0.4) is 0 Å². The quantitative estimate of drug-likeness (QED) is 0.320. The van der Waals surface area contributed by atoms with Gasteiger partial charge in [0, 0.05) is 42.1 Å². The lowest BCUT2D eigenvalue weighted by Crippen LogP contribution is -2.34. The molecule has 208 valence electrons. The van der Waals surface area contributed by atoms with Crippen LogP contribution in [0.25, 0.3) is 11.3 Å². The molecule has 2 bridgehead atoms. The zero-order chi connectivity index (χ0) is 26.3. The molecule has 4 unspecified atom stereocenters. The van der Waals surface area contributed by atoms with Gasteiger partial charge in [-0.05, 0) is 107 Å². The van der Waals surface area contributed by atoms with Crippen molar-refractivity contribution >= 4 is 5.69 Å². The van der Waals surface area contributed by atoms with Crippen molar-refractivity contribution in [2.75, 3.05) is 38.1 Å². The molecule has 39 heavy (non-hydrogen) atoms. The van der Waals surface area contributed by atoms with Crippen molar-refractivity contribution < 1.29 is 0 Å². The number of aromatic nitrogens is 4. The van der Waals surface area contributed by atoms with Gasteiger partial charge < -0.3 is 31.2 Å². The summed E-state index contributed by atoms with van der Waals surface area (Å²) in [5.41, 5.74) is 13.3. The van der Waals surface area contributed by atoms with Crippen LogP contribution in [0.2, 0.25) is 0 Å². The molecule has 0 spiro atoms. The molecule has 0 radical (unpaired) electrons. The lowest BCUT2D eigenvalue weighted by molar-refractivity contribution is 0.494. The van der Waals surface area contributed by atoms with Crippen LogP contribution in [-0.2, 0) is 0 Å². The third kappa shape index (κ3) is 4.50. The van der Waals surface area contributed by atoms with E-state index in [9.17, 15) is 0 Å². The van der Waals surface area contributed by atoms with Crippen molar-refractivity contribution in [3.05, 3.63) is 53.0 Å². The van der Waals surface area contributed by atoms with Crippen molar-refractivity contribution in [2.24, 2.45) is 5.73 Å². The largest absolute Gasteiger partial charge is 0.371 e. The van der Waals surface area contributed by atoms with Gasteiger partial charge in [-0.15, -0.1) is 0 Å². The highest BCUT2D eigenvalue weighted by Gasteiger charge is 2.41. The predicted molar refractivity (Wildman–Crippen MR) is 156 cm³/mol. The minimum absolute atomic E-state index is 0.388. The number of piperidine rings is 1. The van der Waals surface area contributed by atoms with Crippen LogP contribution in [0.15, 0.2) is 24.5 Å². The Morgan fingerprint density at radius 3 is 2.10 bits per heavy atom. The van der Waals surface area contributed by atoms with Gasteiger partial charge in [-0.1, -0.05) is 6.07 Å². The average molecular weight is 529 g/mol. The van der Waals surface area contributed by atoms with Gasteiger partial charge in [0.05, 0.1) is 24.0 Å². The maximum absolute atomic E-state index is 4.80. The topological polar surface area (TPSA) is 111 Å². The minimum Gasteiger partial charge on any atom is -0.371 e. The number of imidazole rings is 2. The van der Waals surface area contributed by atoms with Crippen LogP contribution in [0.4, 0.5) is 5.69 Å². The Hall–Kier alpha value is -2.68. The number of nitrogens with one attached hydrogen (secondary N) is 4. The normalized spacial score (nSPS) is 28.1. The zero-order valence-corrected chi connectivity index (χ0v) is 23.3. The fraction of sp³-hybridized carbons (Fsp3) is 0.613. The summed E-state index contributed by atoms with van der Waals surface area (Å²) in [6, 6.07) is 5.64. The minimum atomic E-state index is 0.388. The summed E-state index contributed by atoms with van der Waals surface area (Å²) in [7, 11) is 1.50. The Balaban J connectivity index is 0.00000124. The van der Waals surface area contributed by atoms with Gasteiger partial charge in [0.2, 0.25) is 0 Å². The monoisotopic (exact) mass is 528 g/mol. The second-order valence-electron chi connectivity index (χ2n) is 12.1.